The highest BCUT2D eigenvalue weighted by Gasteiger charge is 2.58. The molecule has 116 valence electrons. The van der Waals surface area contributed by atoms with Crippen molar-refractivity contribution in [2.24, 2.45) is 0 Å². The molecule has 1 aromatic rings. The summed E-state index contributed by atoms with van der Waals surface area (Å²) in [6.45, 7) is 5.17. The summed E-state index contributed by atoms with van der Waals surface area (Å²) in [5.41, 5.74) is -0.796. The first-order valence-electron chi connectivity index (χ1n) is 6.38. The predicted octanol–water partition coefficient (Wildman–Crippen LogP) is 3.48. The Morgan fingerprint density at radius 1 is 1.29 bits per heavy atom. The lowest BCUT2D eigenvalue weighted by molar-refractivity contribution is -0.1000. The number of aliphatic hydroxyl groups is 1. The average molecular weight is 398 g/mol. The summed E-state index contributed by atoms with van der Waals surface area (Å²) in [6, 6.07) is 3.26. The smallest absolute Gasteiger partial charge is 0.402 e. The Balaban J connectivity index is 2.52. The molecule has 21 heavy (non-hydrogen) atoms. The summed E-state index contributed by atoms with van der Waals surface area (Å²) >= 11 is 15.6. The van der Waals surface area contributed by atoms with E-state index in [1.807, 2.05) is 0 Å². The highest BCUT2D eigenvalue weighted by Crippen LogP contribution is 2.47. The lowest BCUT2D eigenvalue weighted by Gasteiger charge is -2.40. The van der Waals surface area contributed by atoms with E-state index in [9.17, 15) is 10.1 Å². The Bertz CT molecular complexity index is 557. The number of hydrogen-bond donors (Lipinski definition) is 2. The van der Waals surface area contributed by atoms with E-state index >= 15 is 0 Å². The van der Waals surface area contributed by atoms with Crippen LogP contribution in [-0.2, 0) is 14.6 Å². The largest absolute Gasteiger partial charge is 0.637 e. The van der Waals surface area contributed by atoms with Gasteiger partial charge in [-0.2, -0.15) is 0 Å². The van der Waals surface area contributed by atoms with Crippen LogP contribution in [-0.4, -0.2) is 28.7 Å². The summed E-state index contributed by atoms with van der Waals surface area (Å²) in [4.78, 5) is 0. The van der Waals surface area contributed by atoms with Gasteiger partial charge in [0.1, 0.15) is 11.7 Å². The van der Waals surface area contributed by atoms with Gasteiger partial charge in [-0.3, -0.25) is 0 Å². The molecule has 1 aliphatic heterocycles. The molecule has 0 saturated carbocycles. The quantitative estimate of drug-likeness (QED) is 0.605. The van der Waals surface area contributed by atoms with Gasteiger partial charge in [-0.15, -0.1) is 0 Å². The first-order chi connectivity index (χ1) is 9.62. The van der Waals surface area contributed by atoms with Crippen LogP contribution >= 0.6 is 39.1 Å². The Morgan fingerprint density at radius 3 is 2.38 bits per heavy atom. The van der Waals surface area contributed by atoms with E-state index in [4.69, 9.17) is 32.5 Å². The molecule has 0 radical (unpaired) electrons. The van der Waals surface area contributed by atoms with Crippen molar-refractivity contribution < 1.29 is 19.4 Å². The summed E-state index contributed by atoms with van der Waals surface area (Å²) in [7, 11) is -1.39. The molecule has 1 saturated heterocycles. The number of rotatable bonds is 3. The fourth-order valence-electron chi connectivity index (χ4n) is 2.44. The van der Waals surface area contributed by atoms with Crippen LogP contribution in [0, 0.1) is 0 Å². The van der Waals surface area contributed by atoms with Crippen molar-refractivity contribution in [3.8, 4) is 0 Å². The molecule has 2 N–H and O–H groups in total. The van der Waals surface area contributed by atoms with E-state index in [1.54, 1.807) is 32.9 Å². The molecule has 2 unspecified atom stereocenters. The average Bonchev–Trinajstić information content (AvgIpc) is 2.56. The van der Waals surface area contributed by atoms with Crippen molar-refractivity contribution in [3.05, 3.63) is 33.3 Å². The minimum Gasteiger partial charge on any atom is -0.402 e. The van der Waals surface area contributed by atoms with Crippen LogP contribution in [0.15, 0.2) is 12.1 Å². The monoisotopic (exact) mass is 396 g/mol. The van der Waals surface area contributed by atoms with E-state index in [2.05, 4.69) is 15.9 Å². The van der Waals surface area contributed by atoms with E-state index < -0.39 is 24.6 Å². The highest BCUT2D eigenvalue weighted by atomic mass is 79.9. The van der Waals surface area contributed by atoms with Crippen LogP contribution in [0.5, 0.6) is 0 Å². The predicted molar refractivity (Wildman–Crippen MR) is 86.7 cm³/mol. The Hall–Kier alpha value is 0.185. The topological polar surface area (TPSA) is 58.9 Å². The van der Waals surface area contributed by atoms with E-state index in [1.165, 1.54) is 0 Å². The van der Waals surface area contributed by atoms with Gasteiger partial charge in [0.2, 0.25) is 0 Å². The summed E-state index contributed by atoms with van der Waals surface area (Å²) in [5.74, 6) is 0. The van der Waals surface area contributed by atoms with Crippen LogP contribution in [0.2, 0.25) is 10.0 Å². The molecule has 2 atom stereocenters. The van der Waals surface area contributed by atoms with E-state index in [-0.39, 0.29) is 0 Å². The van der Waals surface area contributed by atoms with Gasteiger partial charge < -0.3 is 19.4 Å². The third-order valence-electron chi connectivity index (χ3n) is 4.08. The molecule has 0 aliphatic carbocycles. The first kappa shape index (κ1) is 17.5. The summed E-state index contributed by atoms with van der Waals surface area (Å²) < 4.78 is 10.8. The van der Waals surface area contributed by atoms with Crippen molar-refractivity contribution in [2.75, 3.05) is 0 Å². The molecule has 2 rings (SSSR count). The Labute approximate surface area is 142 Å². The SMILES string of the molecule is CC1(C)OB(O)OC1(C)C(O)c1cc(Cl)cc(Cl)c1CBr. The Morgan fingerprint density at radius 2 is 1.90 bits per heavy atom. The van der Waals surface area contributed by atoms with Gasteiger partial charge in [0, 0.05) is 15.4 Å². The number of alkyl halides is 1. The van der Waals surface area contributed by atoms with Gasteiger partial charge in [0.05, 0.1) is 5.60 Å². The maximum atomic E-state index is 10.8. The second-order valence-electron chi connectivity index (χ2n) is 5.65. The number of benzene rings is 1. The van der Waals surface area contributed by atoms with E-state index in [0.717, 1.165) is 5.56 Å². The van der Waals surface area contributed by atoms with Crippen LogP contribution in [0.3, 0.4) is 0 Å². The van der Waals surface area contributed by atoms with Crippen LogP contribution in [0.25, 0.3) is 0 Å². The second-order valence-corrected chi connectivity index (χ2v) is 7.06. The molecule has 1 heterocycles. The van der Waals surface area contributed by atoms with Crippen molar-refractivity contribution in [2.45, 2.75) is 43.4 Å². The van der Waals surface area contributed by atoms with Gasteiger partial charge in [0.15, 0.2) is 0 Å². The zero-order valence-electron chi connectivity index (χ0n) is 11.9. The highest BCUT2D eigenvalue weighted by molar-refractivity contribution is 9.08. The summed E-state index contributed by atoms with van der Waals surface area (Å²) in [5, 5.41) is 21.8. The molecular weight excluding hydrogens is 382 g/mol. The van der Waals surface area contributed by atoms with Crippen LogP contribution in [0.4, 0.5) is 0 Å². The lowest BCUT2D eigenvalue weighted by Crippen LogP contribution is -2.49. The fraction of sp³-hybridized carbons (Fsp3) is 0.538. The molecule has 0 bridgehead atoms. The number of halogens is 3. The minimum atomic E-state index is -1.39. The summed E-state index contributed by atoms with van der Waals surface area (Å²) in [6.07, 6.45) is -1.08. The molecule has 8 heteroatoms. The molecular formula is C13H16BBrCl2O4. The normalized spacial score (nSPS) is 26.2. The van der Waals surface area contributed by atoms with Gasteiger partial charge in [-0.05, 0) is 44.0 Å². The van der Waals surface area contributed by atoms with Gasteiger partial charge >= 0.3 is 7.32 Å². The molecule has 4 nitrogen and oxygen atoms in total. The van der Waals surface area contributed by atoms with Crippen LogP contribution < -0.4 is 0 Å². The van der Waals surface area contributed by atoms with E-state index in [0.29, 0.717) is 20.9 Å². The maximum Gasteiger partial charge on any atom is 0.637 e. The third kappa shape index (κ3) is 3.00. The molecule has 1 fully saturated rings. The van der Waals surface area contributed by atoms with Gasteiger partial charge in [-0.1, -0.05) is 39.1 Å². The standard InChI is InChI=1S/C13H16BBrCl2O4/c1-12(2)13(3,21-14(19)20-12)11(18)8-4-7(16)5-10(17)9(8)6-15/h4-5,11,18-19H,6H2,1-3H3. The van der Waals surface area contributed by atoms with Gasteiger partial charge in [-0.25, -0.2) is 0 Å². The minimum absolute atomic E-state index is 0.416. The van der Waals surface area contributed by atoms with Gasteiger partial charge in [0.25, 0.3) is 0 Å². The Kier molecular flexibility index (Phi) is 5.01. The number of hydrogen-bond acceptors (Lipinski definition) is 4. The second kappa shape index (κ2) is 6.00. The van der Waals surface area contributed by atoms with Crippen LogP contribution in [0.1, 0.15) is 38.0 Å². The maximum absolute atomic E-state index is 10.8. The van der Waals surface area contributed by atoms with Crippen molar-refractivity contribution in [1.82, 2.24) is 0 Å². The molecule has 1 aromatic carbocycles. The fourth-order valence-corrected chi connectivity index (χ4v) is 3.81. The molecule has 0 aromatic heterocycles. The molecule has 0 amide bonds. The zero-order valence-corrected chi connectivity index (χ0v) is 15.0. The molecule has 1 aliphatic rings. The lowest BCUT2D eigenvalue weighted by atomic mass is 9.79. The number of aliphatic hydroxyl groups excluding tert-OH is 1. The molecule has 0 spiro atoms. The van der Waals surface area contributed by atoms with Crippen molar-refractivity contribution >= 4 is 46.5 Å². The van der Waals surface area contributed by atoms with Crippen molar-refractivity contribution in [1.29, 1.82) is 0 Å². The first-order valence-corrected chi connectivity index (χ1v) is 8.25. The van der Waals surface area contributed by atoms with Crippen molar-refractivity contribution in [3.63, 3.8) is 0 Å². The zero-order chi connectivity index (χ0) is 16.0. The third-order valence-corrected chi connectivity index (χ3v) is 5.20.